The molecule has 3 rings (SSSR count). The summed E-state index contributed by atoms with van der Waals surface area (Å²) in [7, 11) is 0. The second-order valence-electron chi connectivity index (χ2n) is 5.47. The average molecular weight is 418 g/mol. The lowest BCUT2D eigenvalue weighted by atomic mass is 10.2. The maximum atomic E-state index is 12.3. The molecule has 25 heavy (non-hydrogen) atoms. The Balaban J connectivity index is 1.65. The van der Waals surface area contributed by atoms with E-state index in [1.165, 1.54) is 11.8 Å². The molecule has 2 aromatic carbocycles. The van der Waals surface area contributed by atoms with Crippen molar-refractivity contribution < 1.29 is 9.21 Å². The zero-order chi connectivity index (χ0) is 17.8. The molecule has 1 amide bonds. The van der Waals surface area contributed by atoms with Crippen LogP contribution in [-0.2, 0) is 4.79 Å². The molecule has 0 aliphatic heterocycles. The largest absolute Gasteiger partial charge is 0.411 e. The van der Waals surface area contributed by atoms with E-state index < -0.39 is 0 Å². The average Bonchev–Trinajstić information content (AvgIpc) is 3.05. The summed E-state index contributed by atoms with van der Waals surface area (Å²) in [6.07, 6.45) is 0. The number of aromatic nitrogens is 2. The summed E-state index contributed by atoms with van der Waals surface area (Å²) in [4.78, 5) is 12.3. The number of hydrogen-bond donors (Lipinski definition) is 1. The summed E-state index contributed by atoms with van der Waals surface area (Å²) in [5.74, 6) is 0.301. The minimum Gasteiger partial charge on any atom is -0.411 e. The van der Waals surface area contributed by atoms with E-state index in [-0.39, 0.29) is 11.2 Å². The van der Waals surface area contributed by atoms with Gasteiger partial charge in [-0.25, -0.2) is 0 Å². The Bertz CT molecular complexity index is 880. The third kappa shape index (κ3) is 4.49. The molecule has 0 aliphatic rings. The first kappa shape index (κ1) is 17.7. The molecule has 1 unspecified atom stereocenters. The van der Waals surface area contributed by atoms with Gasteiger partial charge in [0.1, 0.15) is 0 Å². The van der Waals surface area contributed by atoms with Crippen LogP contribution in [0.4, 0.5) is 5.69 Å². The van der Waals surface area contributed by atoms with Crippen LogP contribution in [0.25, 0.3) is 11.5 Å². The van der Waals surface area contributed by atoms with Crippen LogP contribution in [-0.4, -0.2) is 21.4 Å². The normalized spacial score (nSPS) is 12.0. The number of carbonyl (C=O) groups excluding carboxylic acids is 1. The van der Waals surface area contributed by atoms with Crippen LogP contribution in [0.2, 0.25) is 0 Å². The number of hydrogen-bond acceptors (Lipinski definition) is 5. The summed E-state index contributed by atoms with van der Waals surface area (Å²) < 4.78 is 6.54. The van der Waals surface area contributed by atoms with Gasteiger partial charge in [-0.2, -0.15) is 0 Å². The number of amides is 1. The molecule has 128 valence electrons. The van der Waals surface area contributed by atoms with Gasteiger partial charge in [0.25, 0.3) is 5.22 Å². The van der Waals surface area contributed by atoms with Crippen LogP contribution in [0.3, 0.4) is 0 Å². The zero-order valence-corrected chi connectivity index (χ0v) is 16.1. The van der Waals surface area contributed by atoms with Crippen LogP contribution in [0, 0.1) is 6.92 Å². The molecule has 0 aliphatic carbocycles. The third-order valence-corrected chi connectivity index (χ3v) is 5.10. The van der Waals surface area contributed by atoms with E-state index >= 15 is 0 Å². The lowest BCUT2D eigenvalue weighted by Gasteiger charge is -2.10. The van der Waals surface area contributed by atoms with E-state index in [1.807, 2.05) is 55.5 Å². The van der Waals surface area contributed by atoms with Crippen molar-refractivity contribution in [2.24, 2.45) is 0 Å². The van der Waals surface area contributed by atoms with E-state index in [4.69, 9.17) is 4.42 Å². The fraction of sp³-hybridized carbons (Fsp3) is 0.167. The van der Waals surface area contributed by atoms with Gasteiger partial charge in [-0.1, -0.05) is 41.6 Å². The quantitative estimate of drug-likeness (QED) is 0.596. The highest BCUT2D eigenvalue weighted by Gasteiger charge is 2.19. The first-order valence-corrected chi connectivity index (χ1v) is 9.33. The maximum absolute atomic E-state index is 12.3. The molecule has 1 N–H and O–H groups in total. The Morgan fingerprint density at radius 2 is 1.88 bits per heavy atom. The Labute approximate surface area is 158 Å². The van der Waals surface area contributed by atoms with Crippen LogP contribution >= 0.6 is 27.7 Å². The summed E-state index contributed by atoms with van der Waals surface area (Å²) in [5, 5.41) is 10.9. The van der Waals surface area contributed by atoms with Crippen LogP contribution in [0.1, 0.15) is 12.5 Å². The molecule has 0 fully saturated rings. The zero-order valence-electron chi connectivity index (χ0n) is 13.7. The summed E-state index contributed by atoms with van der Waals surface area (Å²) in [6.45, 7) is 3.80. The number of nitrogens with zero attached hydrogens (tertiary/aromatic N) is 2. The number of carbonyl (C=O) groups is 1. The maximum Gasteiger partial charge on any atom is 0.277 e. The van der Waals surface area contributed by atoms with Crippen molar-refractivity contribution in [3.05, 3.63) is 58.6 Å². The van der Waals surface area contributed by atoms with Gasteiger partial charge in [0.15, 0.2) is 0 Å². The van der Waals surface area contributed by atoms with Gasteiger partial charge in [0, 0.05) is 10.2 Å². The number of benzene rings is 2. The fourth-order valence-electron chi connectivity index (χ4n) is 2.09. The molecule has 7 heteroatoms. The number of thioether (sulfide) groups is 1. The number of anilines is 1. The smallest absolute Gasteiger partial charge is 0.277 e. The molecule has 1 heterocycles. The van der Waals surface area contributed by atoms with Gasteiger partial charge in [0.2, 0.25) is 11.8 Å². The number of halogens is 1. The van der Waals surface area contributed by atoms with Crippen molar-refractivity contribution in [2.45, 2.75) is 24.3 Å². The van der Waals surface area contributed by atoms with Crippen molar-refractivity contribution in [1.82, 2.24) is 10.2 Å². The van der Waals surface area contributed by atoms with Gasteiger partial charge < -0.3 is 9.73 Å². The standard InChI is InChI=1S/C18H16BrN3O2S/c1-11-7-9-13(10-8-11)20-16(23)12(2)25-18-22-21-17(24-18)14-5-3-4-6-15(14)19/h3-10,12H,1-2H3,(H,20,23). The van der Waals surface area contributed by atoms with Gasteiger partial charge in [0.05, 0.1) is 10.8 Å². The highest BCUT2D eigenvalue weighted by molar-refractivity contribution is 9.10. The van der Waals surface area contributed by atoms with Gasteiger partial charge in [-0.3, -0.25) is 4.79 Å². The number of rotatable bonds is 5. The molecule has 0 saturated heterocycles. The molecule has 0 spiro atoms. The van der Waals surface area contributed by atoms with Crippen LogP contribution < -0.4 is 5.32 Å². The molecule has 1 aromatic heterocycles. The molecule has 5 nitrogen and oxygen atoms in total. The molecule has 0 bridgehead atoms. The van der Waals surface area contributed by atoms with Gasteiger partial charge in [-0.15, -0.1) is 10.2 Å². The molecule has 0 radical (unpaired) electrons. The van der Waals surface area contributed by atoms with Crippen molar-refractivity contribution >= 4 is 39.3 Å². The predicted molar refractivity (Wildman–Crippen MR) is 103 cm³/mol. The summed E-state index contributed by atoms with van der Waals surface area (Å²) in [5.41, 5.74) is 2.73. The van der Waals surface area contributed by atoms with Crippen molar-refractivity contribution in [3.63, 3.8) is 0 Å². The Morgan fingerprint density at radius 1 is 1.16 bits per heavy atom. The highest BCUT2D eigenvalue weighted by atomic mass is 79.9. The number of nitrogens with one attached hydrogen (secondary N) is 1. The predicted octanol–water partition coefficient (Wildman–Crippen LogP) is 4.93. The van der Waals surface area contributed by atoms with Crippen LogP contribution in [0.5, 0.6) is 0 Å². The monoisotopic (exact) mass is 417 g/mol. The van der Waals surface area contributed by atoms with E-state index in [1.54, 1.807) is 6.92 Å². The van der Waals surface area contributed by atoms with Crippen LogP contribution in [0.15, 0.2) is 62.6 Å². The third-order valence-electron chi connectivity index (χ3n) is 3.48. The summed E-state index contributed by atoms with van der Waals surface area (Å²) in [6, 6.07) is 15.3. The molecule has 1 atom stereocenters. The fourth-order valence-corrected chi connectivity index (χ4v) is 3.22. The first-order chi connectivity index (χ1) is 12.0. The minimum atomic E-state index is -0.367. The first-order valence-electron chi connectivity index (χ1n) is 7.65. The van der Waals surface area contributed by atoms with Gasteiger partial charge >= 0.3 is 0 Å². The Hall–Kier alpha value is -2.12. The molecular weight excluding hydrogens is 402 g/mol. The number of aryl methyl sites for hydroxylation is 1. The van der Waals surface area contributed by atoms with E-state index in [0.29, 0.717) is 11.1 Å². The summed E-state index contributed by atoms with van der Waals surface area (Å²) >= 11 is 4.69. The second-order valence-corrected chi connectivity index (χ2v) is 7.61. The van der Waals surface area contributed by atoms with E-state index in [2.05, 4.69) is 31.4 Å². The van der Waals surface area contributed by atoms with Gasteiger partial charge in [-0.05, 0) is 54.0 Å². The SMILES string of the molecule is Cc1ccc(NC(=O)C(C)Sc2nnc(-c3ccccc3Br)o2)cc1. The molecule has 0 saturated carbocycles. The molecule has 3 aromatic rings. The van der Waals surface area contributed by atoms with Crippen molar-refractivity contribution in [3.8, 4) is 11.5 Å². The Kier molecular flexibility index (Phi) is 5.55. The van der Waals surface area contributed by atoms with E-state index in [0.717, 1.165) is 21.3 Å². The molecular formula is C18H16BrN3O2S. The minimum absolute atomic E-state index is 0.116. The lowest BCUT2D eigenvalue weighted by Crippen LogP contribution is -2.22. The topological polar surface area (TPSA) is 68.0 Å². The van der Waals surface area contributed by atoms with Crippen molar-refractivity contribution in [2.75, 3.05) is 5.32 Å². The van der Waals surface area contributed by atoms with Crippen molar-refractivity contribution in [1.29, 1.82) is 0 Å². The van der Waals surface area contributed by atoms with E-state index in [9.17, 15) is 4.79 Å². The second kappa shape index (κ2) is 7.84. The Morgan fingerprint density at radius 3 is 2.60 bits per heavy atom. The highest BCUT2D eigenvalue weighted by Crippen LogP contribution is 2.30. The lowest BCUT2D eigenvalue weighted by molar-refractivity contribution is -0.115.